The predicted octanol–water partition coefficient (Wildman–Crippen LogP) is 1.87. The van der Waals surface area contributed by atoms with Gasteiger partial charge in [0.05, 0.1) is 0 Å². The summed E-state index contributed by atoms with van der Waals surface area (Å²) in [7, 11) is 0. The summed E-state index contributed by atoms with van der Waals surface area (Å²) in [6.07, 6.45) is 1.44. The van der Waals surface area contributed by atoms with Gasteiger partial charge in [-0.15, -0.1) is 0 Å². The Morgan fingerprint density at radius 2 is 1.95 bits per heavy atom. The Hall–Kier alpha value is -2.34. The second-order valence-electron chi connectivity index (χ2n) is 3.76. The third-order valence-electron chi connectivity index (χ3n) is 2.29. The topological polar surface area (TPSA) is 84.2 Å². The number of benzene rings is 1. The van der Waals surface area contributed by atoms with Crippen molar-refractivity contribution < 1.29 is 14.7 Å². The minimum atomic E-state index is -1.13. The molecule has 0 radical (unpaired) electrons. The zero-order valence-electron chi connectivity index (χ0n) is 9.71. The molecule has 1 aromatic carbocycles. The standard InChI is InChI=1S/C12H10ClN3O3/c13-8-1-3-9(4-2-8)14-11(17)7-16-6-5-10(15-16)12(18)19/h1-6H,7H2,(H,14,17)(H,18,19). The Bertz CT molecular complexity index is 607. The van der Waals surface area contributed by atoms with E-state index in [4.69, 9.17) is 16.7 Å². The summed E-state index contributed by atoms with van der Waals surface area (Å²) in [6.45, 7) is -0.0596. The molecule has 0 saturated heterocycles. The average molecular weight is 280 g/mol. The molecular weight excluding hydrogens is 270 g/mol. The van der Waals surface area contributed by atoms with E-state index >= 15 is 0 Å². The number of hydrogen-bond donors (Lipinski definition) is 2. The average Bonchev–Trinajstić information content (AvgIpc) is 2.80. The predicted molar refractivity (Wildman–Crippen MR) is 69.3 cm³/mol. The third kappa shape index (κ3) is 3.56. The van der Waals surface area contributed by atoms with Gasteiger partial charge in [-0.05, 0) is 30.3 Å². The summed E-state index contributed by atoms with van der Waals surface area (Å²) in [6, 6.07) is 8.00. The molecule has 0 aliphatic heterocycles. The molecule has 0 atom stereocenters. The highest BCUT2D eigenvalue weighted by Gasteiger charge is 2.09. The van der Waals surface area contributed by atoms with Crippen LogP contribution in [0.5, 0.6) is 0 Å². The maximum atomic E-state index is 11.7. The molecule has 6 nitrogen and oxygen atoms in total. The van der Waals surface area contributed by atoms with Gasteiger partial charge >= 0.3 is 5.97 Å². The van der Waals surface area contributed by atoms with E-state index in [1.54, 1.807) is 24.3 Å². The van der Waals surface area contributed by atoms with E-state index in [1.165, 1.54) is 16.9 Å². The highest BCUT2D eigenvalue weighted by Crippen LogP contribution is 2.13. The summed E-state index contributed by atoms with van der Waals surface area (Å²) in [5.41, 5.74) is 0.513. The summed E-state index contributed by atoms with van der Waals surface area (Å²) in [5, 5.41) is 15.7. The van der Waals surface area contributed by atoms with Gasteiger partial charge in [-0.25, -0.2) is 4.79 Å². The zero-order chi connectivity index (χ0) is 13.8. The Labute approximate surface area is 113 Å². The van der Waals surface area contributed by atoms with Crippen LogP contribution in [0.25, 0.3) is 0 Å². The number of carbonyl (C=O) groups is 2. The Morgan fingerprint density at radius 3 is 2.53 bits per heavy atom. The molecule has 2 N–H and O–H groups in total. The van der Waals surface area contributed by atoms with Crippen LogP contribution in [0.4, 0.5) is 5.69 Å². The number of carbonyl (C=O) groups excluding carboxylic acids is 1. The van der Waals surface area contributed by atoms with Crippen molar-refractivity contribution >= 4 is 29.2 Å². The van der Waals surface area contributed by atoms with E-state index in [0.29, 0.717) is 10.7 Å². The van der Waals surface area contributed by atoms with Gasteiger partial charge < -0.3 is 10.4 Å². The van der Waals surface area contributed by atoms with Crippen LogP contribution in [0.1, 0.15) is 10.5 Å². The minimum absolute atomic E-state index is 0.0596. The van der Waals surface area contributed by atoms with Crippen molar-refractivity contribution in [2.75, 3.05) is 5.32 Å². The van der Waals surface area contributed by atoms with Crippen molar-refractivity contribution in [1.29, 1.82) is 0 Å². The normalized spacial score (nSPS) is 10.2. The number of hydrogen-bond acceptors (Lipinski definition) is 3. The van der Waals surface area contributed by atoms with Crippen LogP contribution in [-0.2, 0) is 11.3 Å². The second-order valence-corrected chi connectivity index (χ2v) is 4.20. The Kier molecular flexibility index (Phi) is 3.82. The minimum Gasteiger partial charge on any atom is -0.476 e. The van der Waals surface area contributed by atoms with Crippen molar-refractivity contribution in [3.8, 4) is 0 Å². The van der Waals surface area contributed by atoms with E-state index in [0.717, 1.165) is 0 Å². The van der Waals surface area contributed by atoms with Crippen molar-refractivity contribution in [2.45, 2.75) is 6.54 Å². The first-order valence-corrected chi connectivity index (χ1v) is 5.74. The first-order chi connectivity index (χ1) is 9.04. The van der Waals surface area contributed by atoms with Crippen LogP contribution in [0.2, 0.25) is 5.02 Å². The summed E-state index contributed by atoms with van der Waals surface area (Å²) < 4.78 is 1.26. The lowest BCUT2D eigenvalue weighted by atomic mass is 10.3. The first kappa shape index (κ1) is 13.1. The lowest BCUT2D eigenvalue weighted by Crippen LogP contribution is -2.19. The smallest absolute Gasteiger partial charge is 0.356 e. The third-order valence-corrected chi connectivity index (χ3v) is 2.55. The molecule has 0 unspecified atom stereocenters. The zero-order valence-corrected chi connectivity index (χ0v) is 10.5. The fraction of sp³-hybridized carbons (Fsp3) is 0.0833. The molecule has 7 heteroatoms. The van der Waals surface area contributed by atoms with Gasteiger partial charge in [0.1, 0.15) is 6.54 Å². The number of amides is 1. The molecule has 98 valence electrons. The van der Waals surface area contributed by atoms with Gasteiger partial charge in [-0.3, -0.25) is 9.48 Å². The molecule has 2 rings (SSSR count). The van der Waals surface area contributed by atoms with Gasteiger partial charge in [0.25, 0.3) is 0 Å². The number of nitrogens with one attached hydrogen (secondary N) is 1. The maximum absolute atomic E-state index is 11.7. The number of aromatic nitrogens is 2. The van der Waals surface area contributed by atoms with Crippen LogP contribution in [0.3, 0.4) is 0 Å². The monoisotopic (exact) mass is 279 g/mol. The summed E-state index contributed by atoms with van der Waals surface area (Å²) in [5.74, 6) is -1.43. The highest BCUT2D eigenvalue weighted by atomic mass is 35.5. The molecule has 0 aliphatic carbocycles. The molecule has 0 aliphatic rings. The van der Waals surface area contributed by atoms with E-state index < -0.39 is 5.97 Å². The molecule has 0 fully saturated rings. The SMILES string of the molecule is O=C(Cn1ccc(C(=O)O)n1)Nc1ccc(Cl)cc1. The molecule has 1 aromatic heterocycles. The van der Waals surface area contributed by atoms with Crippen LogP contribution in [0, 0.1) is 0 Å². The maximum Gasteiger partial charge on any atom is 0.356 e. The first-order valence-electron chi connectivity index (χ1n) is 5.37. The number of halogens is 1. The molecule has 0 bridgehead atoms. The fourth-order valence-corrected chi connectivity index (χ4v) is 1.57. The van der Waals surface area contributed by atoms with E-state index in [2.05, 4.69) is 10.4 Å². The lowest BCUT2D eigenvalue weighted by molar-refractivity contribution is -0.116. The summed E-state index contributed by atoms with van der Waals surface area (Å²) >= 11 is 5.73. The number of carboxylic acids is 1. The van der Waals surface area contributed by atoms with E-state index in [1.807, 2.05) is 0 Å². The molecule has 0 saturated carbocycles. The molecular formula is C12H10ClN3O3. The number of anilines is 1. The van der Waals surface area contributed by atoms with Gasteiger partial charge in [0.2, 0.25) is 5.91 Å². The lowest BCUT2D eigenvalue weighted by Gasteiger charge is -2.05. The molecule has 0 spiro atoms. The summed E-state index contributed by atoms with van der Waals surface area (Å²) in [4.78, 5) is 22.3. The Balaban J connectivity index is 1.97. The number of aromatic carboxylic acids is 1. The van der Waals surface area contributed by atoms with Gasteiger partial charge in [0, 0.05) is 16.9 Å². The second kappa shape index (κ2) is 5.53. The van der Waals surface area contributed by atoms with Crippen molar-refractivity contribution in [3.63, 3.8) is 0 Å². The Morgan fingerprint density at radius 1 is 1.26 bits per heavy atom. The van der Waals surface area contributed by atoms with Crippen LogP contribution >= 0.6 is 11.6 Å². The van der Waals surface area contributed by atoms with E-state index in [9.17, 15) is 9.59 Å². The highest BCUT2D eigenvalue weighted by molar-refractivity contribution is 6.30. The molecule has 1 amide bonds. The number of nitrogens with zero attached hydrogens (tertiary/aromatic N) is 2. The quantitative estimate of drug-likeness (QED) is 0.895. The van der Waals surface area contributed by atoms with Crippen molar-refractivity contribution in [3.05, 3.63) is 47.2 Å². The molecule has 1 heterocycles. The number of rotatable bonds is 4. The van der Waals surface area contributed by atoms with Gasteiger partial charge in [0.15, 0.2) is 5.69 Å². The van der Waals surface area contributed by atoms with Crippen molar-refractivity contribution in [2.24, 2.45) is 0 Å². The fourth-order valence-electron chi connectivity index (χ4n) is 1.44. The molecule has 2 aromatic rings. The molecule has 19 heavy (non-hydrogen) atoms. The van der Waals surface area contributed by atoms with Crippen LogP contribution in [0.15, 0.2) is 36.5 Å². The van der Waals surface area contributed by atoms with E-state index in [-0.39, 0.29) is 18.1 Å². The van der Waals surface area contributed by atoms with Crippen molar-refractivity contribution in [1.82, 2.24) is 9.78 Å². The van der Waals surface area contributed by atoms with Gasteiger partial charge in [-0.1, -0.05) is 11.6 Å². The van der Waals surface area contributed by atoms with Crippen LogP contribution < -0.4 is 5.32 Å². The number of carboxylic acid groups (broad SMARTS) is 1. The largest absolute Gasteiger partial charge is 0.476 e. The van der Waals surface area contributed by atoms with Crippen LogP contribution in [-0.4, -0.2) is 26.8 Å². The van der Waals surface area contributed by atoms with Gasteiger partial charge in [-0.2, -0.15) is 5.10 Å².